The van der Waals surface area contributed by atoms with Crippen molar-refractivity contribution in [2.24, 2.45) is 0 Å². The number of benzene rings is 7. The number of fused-ring (bicyclic) bond motifs is 6. The molecular formula is C41H25N3O. The Labute approximate surface area is 259 Å². The second-order valence-electron chi connectivity index (χ2n) is 11.3. The van der Waals surface area contributed by atoms with Crippen LogP contribution in [-0.4, -0.2) is 15.0 Å². The van der Waals surface area contributed by atoms with E-state index < -0.39 is 0 Å². The van der Waals surface area contributed by atoms with Crippen molar-refractivity contribution in [2.45, 2.75) is 0 Å². The normalized spacial score (nSPS) is 11.6. The van der Waals surface area contributed by atoms with Gasteiger partial charge in [-0.25, -0.2) is 15.0 Å². The molecule has 0 radical (unpaired) electrons. The van der Waals surface area contributed by atoms with Crippen molar-refractivity contribution in [3.63, 3.8) is 0 Å². The highest BCUT2D eigenvalue weighted by Gasteiger charge is 2.16. The maximum atomic E-state index is 6.35. The maximum absolute atomic E-state index is 6.35. The number of hydrogen-bond donors (Lipinski definition) is 0. The van der Waals surface area contributed by atoms with Crippen LogP contribution in [0.25, 0.3) is 88.8 Å². The predicted molar refractivity (Wildman–Crippen MR) is 184 cm³/mol. The summed E-state index contributed by atoms with van der Waals surface area (Å²) in [6.45, 7) is 0. The molecule has 9 aromatic rings. The molecule has 0 amide bonds. The molecule has 45 heavy (non-hydrogen) atoms. The Kier molecular flexibility index (Phi) is 5.78. The molecule has 7 aromatic carbocycles. The fourth-order valence-corrected chi connectivity index (χ4v) is 6.22. The molecule has 0 N–H and O–H groups in total. The maximum Gasteiger partial charge on any atom is 0.164 e. The molecule has 0 aliphatic heterocycles. The van der Waals surface area contributed by atoms with E-state index in [9.17, 15) is 0 Å². The topological polar surface area (TPSA) is 51.8 Å². The van der Waals surface area contributed by atoms with E-state index in [4.69, 9.17) is 19.4 Å². The van der Waals surface area contributed by atoms with Crippen molar-refractivity contribution in [3.8, 4) is 45.3 Å². The Balaban J connectivity index is 1.20. The molecule has 0 bridgehead atoms. The summed E-state index contributed by atoms with van der Waals surface area (Å²) in [5.41, 5.74) is 6.74. The number of furan rings is 1. The Morgan fingerprint density at radius 1 is 0.311 bits per heavy atom. The van der Waals surface area contributed by atoms with Crippen LogP contribution >= 0.6 is 0 Å². The van der Waals surface area contributed by atoms with Crippen LogP contribution in [0.1, 0.15) is 0 Å². The molecule has 0 fully saturated rings. The van der Waals surface area contributed by atoms with Gasteiger partial charge in [-0.2, -0.15) is 0 Å². The van der Waals surface area contributed by atoms with Gasteiger partial charge in [-0.3, -0.25) is 0 Å². The summed E-state index contributed by atoms with van der Waals surface area (Å²) in [6.07, 6.45) is 0. The number of aromatic nitrogens is 3. The average Bonchev–Trinajstić information content (AvgIpc) is 3.49. The smallest absolute Gasteiger partial charge is 0.164 e. The van der Waals surface area contributed by atoms with E-state index in [1.807, 2.05) is 42.5 Å². The largest absolute Gasteiger partial charge is 0.456 e. The highest BCUT2D eigenvalue weighted by Crippen LogP contribution is 2.35. The predicted octanol–water partition coefficient (Wildman–Crippen LogP) is 10.7. The fraction of sp³-hybridized carbons (Fsp3) is 0. The number of rotatable bonds is 4. The lowest BCUT2D eigenvalue weighted by Gasteiger charge is -2.10. The first-order valence-corrected chi connectivity index (χ1v) is 15.0. The summed E-state index contributed by atoms with van der Waals surface area (Å²) in [5.74, 6) is 1.86. The Bertz CT molecular complexity index is 2540. The molecule has 210 valence electrons. The first-order valence-electron chi connectivity index (χ1n) is 15.0. The van der Waals surface area contributed by atoms with Crippen LogP contribution in [0.3, 0.4) is 0 Å². The summed E-state index contributed by atoms with van der Waals surface area (Å²) < 4.78 is 6.35. The van der Waals surface area contributed by atoms with Gasteiger partial charge in [0, 0.05) is 27.5 Å². The van der Waals surface area contributed by atoms with Gasteiger partial charge in [0.2, 0.25) is 0 Å². The van der Waals surface area contributed by atoms with Crippen molar-refractivity contribution in [2.75, 3.05) is 0 Å². The fourth-order valence-electron chi connectivity index (χ4n) is 6.22. The minimum Gasteiger partial charge on any atom is -0.456 e. The molecule has 0 atom stereocenters. The van der Waals surface area contributed by atoms with Crippen LogP contribution in [0.2, 0.25) is 0 Å². The van der Waals surface area contributed by atoms with Crippen molar-refractivity contribution < 1.29 is 4.42 Å². The second-order valence-corrected chi connectivity index (χ2v) is 11.3. The first-order chi connectivity index (χ1) is 22.3. The molecule has 2 aromatic heterocycles. The molecule has 9 rings (SSSR count). The SMILES string of the molecule is c1ccc(-c2ccc3oc4cc(-c5nc(-c6ccccc6)nc(-c6ccc7ccc8ccccc8c7c6)n5)ccc4c3c2)cc1. The minimum atomic E-state index is 0.601. The molecule has 0 unspecified atom stereocenters. The zero-order valence-electron chi connectivity index (χ0n) is 24.2. The van der Waals surface area contributed by atoms with E-state index >= 15 is 0 Å². The van der Waals surface area contributed by atoms with Gasteiger partial charge in [0.15, 0.2) is 17.5 Å². The number of nitrogens with zero attached hydrogens (tertiary/aromatic N) is 3. The zero-order chi connectivity index (χ0) is 29.7. The van der Waals surface area contributed by atoms with Crippen LogP contribution in [0.4, 0.5) is 0 Å². The van der Waals surface area contributed by atoms with Gasteiger partial charge in [0.05, 0.1) is 0 Å². The van der Waals surface area contributed by atoms with Gasteiger partial charge in [0.1, 0.15) is 11.2 Å². The lowest BCUT2D eigenvalue weighted by atomic mass is 10.00. The van der Waals surface area contributed by atoms with E-state index in [-0.39, 0.29) is 0 Å². The molecule has 2 heterocycles. The Morgan fingerprint density at radius 3 is 1.64 bits per heavy atom. The molecule has 4 heteroatoms. The lowest BCUT2D eigenvalue weighted by Crippen LogP contribution is -2.00. The van der Waals surface area contributed by atoms with Gasteiger partial charge in [-0.15, -0.1) is 0 Å². The Morgan fingerprint density at radius 2 is 0.867 bits per heavy atom. The highest BCUT2D eigenvalue weighted by atomic mass is 16.3. The average molecular weight is 576 g/mol. The second kappa shape index (κ2) is 10.2. The Hall–Kier alpha value is -6.13. The summed E-state index contributed by atoms with van der Waals surface area (Å²) in [7, 11) is 0. The van der Waals surface area contributed by atoms with Crippen LogP contribution in [0.5, 0.6) is 0 Å². The van der Waals surface area contributed by atoms with Crippen LogP contribution in [0, 0.1) is 0 Å². The van der Waals surface area contributed by atoms with Crippen LogP contribution in [0.15, 0.2) is 156 Å². The van der Waals surface area contributed by atoms with Crippen molar-refractivity contribution in [1.29, 1.82) is 0 Å². The van der Waals surface area contributed by atoms with E-state index in [1.54, 1.807) is 0 Å². The summed E-state index contributed by atoms with van der Waals surface area (Å²) in [4.78, 5) is 15.0. The van der Waals surface area contributed by atoms with Crippen LogP contribution in [-0.2, 0) is 0 Å². The summed E-state index contributed by atoms with van der Waals surface area (Å²) in [5, 5.41) is 6.92. The van der Waals surface area contributed by atoms with Gasteiger partial charge in [-0.1, -0.05) is 121 Å². The van der Waals surface area contributed by atoms with Gasteiger partial charge in [0.25, 0.3) is 0 Å². The van der Waals surface area contributed by atoms with Gasteiger partial charge in [-0.05, 0) is 63.0 Å². The monoisotopic (exact) mass is 575 g/mol. The van der Waals surface area contributed by atoms with E-state index in [0.29, 0.717) is 17.5 Å². The standard InChI is InChI=1S/C41H25N3O/c1-3-9-26(10-4-1)30-20-22-37-36(23-30)34-21-19-32(25-38(34)45-37)41-43-39(29-12-5-2-6-13-29)42-40(44-41)31-18-17-28-16-15-27-11-7-8-14-33(27)35(28)24-31/h1-25H. The molecule has 0 aliphatic carbocycles. The minimum absolute atomic E-state index is 0.601. The van der Waals surface area contributed by atoms with E-state index in [2.05, 4.69) is 109 Å². The van der Waals surface area contributed by atoms with E-state index in [1.165, 1.54) is 27.1 Å². The van der Waals surface area contributed by atoms with Gasteiger partial charge >= 0.3 is 0 Å². The third-order valence-corrected chi connectivity index (χ3v) is 8.51. The van der Waals surface area contributed by atoms with Crippen molar-refractivity contribution >= 4 is 43.5 Å². The molecule has 0 aliphatic rings. The van der Waals surface area contributed by atoms with Crippen molar-refractivity contribution in [3.05, 3.63) is 152 Å². The molecule has 0 spiro atoms. The quantitative estimate of drug-likeness (QED) is 0.196. The molecular weight excluding hydrogens is 550 g/mol. The first kappa shape index (κ1) is 25.4. The van der Waals surface area contributed by atoms with Gasteiger partial charge < -0.3 is 4.42 Å². The van der Waals surface area contributed by atoms with Crippen LogP contribution < -0.4 is 0 Å². The lowest BCUT2D eigenvalue weighted by molar-refractivity contribution is 0.669. The molecule has 0 saturated heterocycles. The zero-order valence-corrected chi connectivity index (χ0v) is 24.2. The van der Waals surface area contributed by atoms with E-state index in [0.717, 1.165) is 44.2 Å². The summed E-state index contributed by atoms with van der Waals surface area (Å²) >= 11 is 0. The third-order valence-electron chi connectivity index (χ3n) is 8.51. The number of hydrogen-bond acceptors (Lipinski definition) is 4. The summed E-state index contributed by atoms with van der Waals surface area (Å²) in [6, 6.07) is 52.3. The highest BCUT2D eigenvalue weighted by molar-refractivity contribution is 6.09. The molecule has 0 saturated carbocycles. The molecule has 4 nitrogen and oxygen atoms in total. The third kappa shape index (κ3) is 4.43. The van der Waals surface area contributed by atoms with Crippen molar-refractivity contribution in [1.82, 2.24) is 15.0 Å².